The normalized spacial score (nSPS) is 11.7. The number of para-hydroxylation sites is 2. The summed E-state index contributed by atoms with van der Waals surface area (Å²) >= 11 is 0. The SMILES string of the molecule is c1ccc(-c2nc(-c3ccccc3)nc(-c3ccc(-c4cccc(-c5cccc6oc7c8ccccc8c(-c8cccc9c8oc8ccccc89)cc7c56)c4)cc3)n2)cc1. The molecule has 12 aromatic rings. The third-order valence-electron chi connectivity index (χ3n) is 11.5. The summed E-state index contributed by atoms with van der Waals surface area (Å²) in [6.07, 6.45) is 0. The zero-order valence-electron chi connectivity index (χ0n) is 32.2. The molecule has 280 valence electrons. The van der Waals surface area contributed by atoms with Gasteiger partial charge < -0.3 is 8.83 Å². The molecular weight excluding hydrogens is 735 g/mol. The number of benzene rings is 9. The van der Waals surface area contributed by atoms with Crippen molar-refractivity contribution in [3.05, 3.63) is 200 Å². The first-order valence-electron chi connectivity index (χ1n) is 20.1. The molecule has 0 saturated heterocycles. The number of hydrogen-bond acceptors (Lipinski definition) is 5. The van der Waals surface area contributed by atoms with Crippen molar-refractivity contribution in [3.8, 4) is 67.5 Å². The maximum Gasteiger partial charge on any atom is 0.164 e. The van der Waals surface area contributed by atoms with E-state index in [0.29, 0.717) is 17.5 Å². The largest absolute Gasteiger partial charge is 0.455 e. The van der Waals surface area contributed by atoms with Gasteiger partial charge in [-0.3, -0.25) is 0 Å². The van der Waals surface area contributed by atoms with E-state index in [0.717, 1.165) is 105 Å². The second-order valence-electron chi connectivity index (χ2n) is 15.1. The maximum atomic E-state index is 6.76. The topological polar surface area (TPSA) is 65.0 Å². The van der Waals surface area contributed by atoms with E-state index < -0.39 is 0 Å². The number of hydrogen-bond donors (Lipinski definition) is 0. The summed E-state index contributed by atoms with van der Waals surface area (Å²) in [7, 11) is 0. The Morgan fingerprint density at radius 3 is 1.48 bits per heavy atom. The van der Waals surface area contributed by atoms with Crippen LogP contribution in [0.15, 0.2) is 209 Å². The van der Waals surface area contributed by atoms with Gasteiger partial charge in [0.05, 0.1) is 0 Å². The van der Waals surface area contributed by atoms with Gasteiger partial charge >= 0.3 is 0 Å². The Morgan fingerprint density at radius 1 is 0.267 bits per heavy atom. The second-order valence-corrected chi connectivity index (χ2v) is 15.1. The Hall–Kier alpha value is -8.15. The zero-order valence-corrected chi connectivity index (χ0v) is 32.2. The lowest BCUT2D eigenvalue weighted by molar-refractivity contribution is 0.670. The van der Waals surface area contributed by atoms with Gasteiger partial charge in [0.1, 0.15) is 22.3 Å². The lowest BCUT2D eigenvalue weighted by Crippen LogP contribution is -2.00. The van der Waals surface area contributed by atoms with Crippen molar-refractivity contribution < 1.29 is 8.83 Å². The smallest absolute Gasteiger partial charge is 0.164 e. The molecule has 0 amide bonds. The Kier molecular flexibility index (Phi) is 7.78. The van der Waals surface area contributed by atoms with Crippen molar-refractivity contribution in [3.63, 3.8) is 0 Å². The van der Waals surface area contributed by atoms with Crippen LogP contribution in [0.2, 0.25) is 0 Å². The fraction of sp³-hybridized carbons (Fsp3) is 0. The lowest BCUT2D eigenvalue weighted by Gasteiger charge is -2.11. The average Bonchev–Trinajstić information content (AvgIpc) is 3.91. The van der Waals surface area contributed by atoms with Crippen molar-refractivity contribution in [2.24, 2.45) is 0 Å². The summed E-state index contributed by atoms with van der Waals surface area (Å²) in [5, 5.41) is 6.57. The highest BCUT2D eigenvalue weighted by molar-refractivity contribution is 6.23. The van der Waals surface area contributed by atoms with E-state index in [4.69, 9.17) is 23.8 Å². The minimum Gasteiger partial charge on any atom is -0.455 e. The summed E-state index contributed by atoms with van der Waals surface area (Å²) in [5.41, 5.74) is 12.9. The fourth-order valence-electron chi connectivity index (χ4n) is 8.69. The lowest BCUT2D eigenvalue weighted by atomic mass is 9.92. The molecule has 0 atom stereocenters. The molecule has 60 heavy (non-hydrogen) atoms. The molecule has 0 aliphatic heterocycles. The van der Waals surface area contributed by atoms with Crippen molar-refractivity contribution in [1.82, 2.24) is 15.0 Å². The predicted molar refractivity (Wildman–Crippen MR) is 245 cm³/mol. The number of aromatic nitrogens is 3. The molecule has 5 nitrogen and oxygen atoms in total. The number of fused-ring (bicyclic) bond motifs is 8. The molecule has 0 radical (unpaired) electrons. The van der Waals surface area contributed by atoms with Crippen LogP contribution in [0.5, 0.6) is 0 Å². The van der Waals surface area contributed by atoms with E-state index in [-0.39, 0.29) is 0 Å². The molecular formula is C55H33N3O2. The quantitative estimate of drug-likeness (QED) is 0.169. The van der Waals surface area contributed by atoms with Gasteiger partial charge in [0.2, 0.25) is 0 Å². The molecule has 0 aliphatic carbocycles. The van der Waals surface area contributed by atoms with Gasteiger partial charge in [-0.05, 0) is 57.5 Å². The minimum atomic E-state index is 0.630. The molecule has 0 saturated carbocycles. The summed E-state index contributed by atoms with van der Waals surface area (Å²) in [5.74, 6) is 1.91. The van der Waals surface area contributed by atoms with Gasteiger partial charge in [0.25, 0.3) is 0 Å². The van der Waals surface area contributed by atoms with Crippen LogP contribution in [-0.2, 0) is 0 Å². The highest BCUT2D eigenvalue weighted by Gasteiger charge is 2.21. The second kappa shape index (κ2) is 13.8. The molecule has 0 unspecified atom stereocenters. The van der Waals surface area contributed by atoms with Crippen LogP contribution in [0, 0.1) is 0 Å². The Labute approximate surface area is 344 Å². The fourth-order valence-corrected chi connectivity index (χ4v) is 8.69. The summed E-state index contributed by atoms with van der Waals surface area (Å²) in [6, 6.07) is 69.2. The van der Waals surface area contributed by atoms with Crippen LogP contribution in [0.3, 0.4) is 0 Å². The van der Waals surface area contributed by atoms with Crippen LogP contribution in [0.4, 0.5) is 0 Å². The van der Waals surface area contributed by atoms with E-state index in [9.17, 15) is 0 Å². The Balaban J connectivity index is 0.967. The highest BCUT2D eigenvalue weighted by atomic mass is 16.3. The molecule has 0 spiro atoms. The van der Waals surface area contributed by atoms with E-state index in [1.165, 1.54) is 0 Å². The number of nitrogens with zero attached hydrogens (tertiary/aromatic N) is 3. The standard InChI is InChI=1S/C55H33N3O2/c1-3-14-35(15-4-1)53-56-54(36-16-5-2-6-17-36)58-55(57-53)37-30-28-34(29-31-37)38-18-11-19-39(32-38)40-23-13-27-49-50(40)47-33-46(41-20-7-8-22-43(41)52(47)60-49)45-25-12-24-44-42-21-9-10-26-48(42)59-51(44)45/h1-33H. The van der Waals surface area contributed by atoms with Crippen LogP contribution in [-0.4, -0.2) is 15.0 Å². The average molecular weight is 768 g/mol. The van der Waals surface area contributed by atoms with Crippen LogP contribution < -0.4 is 0 Å². The third-order valence-corrected chi connectivity index (χ3v) is 11.5. The first-order chi connectivity index (χ1) is 29.7. The first-order valence-corrected chi connectivity index (χ1v) is 20.1. The van der Waals surface area contributed by atoms with Crippen molar-refractivity contribution in [1.29, 1.82) is 0 Å². The van der Waals surface area contributed by atoms with Crippen LogP contribution in [0.25, 0.3) is 122 Å². The molecule has 12 rings (SSSR count). The molecule has 3 aromatic heterocycles. The monoisotopic (exact) mass is 767 g/mol. The van der Waals surface area contributed by atoms with Crippen molar-refractivity contribution in [2.45, 2.75) is 0 Å². The molecule has 5 heteroatoms. The van der Waals surface area contributed by atoms with Gasteiger partial charge in [-0.1, -0.05) is 176 Å². The van der Waals surface area contributed by atoms with Crippen molar-refractivity contribution in [2.75, 3.05) is 0 Å². The summed E-state index contributed by atoms with van der Waals surface area (Å²) < 4.78 is 13.3. The molecule has 0 fully saturated rings. The summed E-state index contributed by atoms with van der Waals surface area (Å²) in [4.78, 5) is 14.7. The maximum absolute atomic E-state index is 6.76. The van der Waals surface area contributed by atoms with E-state index in [1.807, 2.05) is 72.8 Å². The first kappa shape index (κ1) is 33.9. The highest BCUT2D eigenvalue weighted by Crippen LogP contribution is 2.45. The molecule has 3 heterocycles. The summed E-state index contributed by atoms with van der Waals surface area (Å²) in [6.45, 7) is 0. The van der Waals surface area contributed by atoms with Crippen LogP contribution >= 0.6 is 0 Å². The molecule has 0 bridgehead atoms. The van der Waals surface area contributed by atoms with E-state index in [1.54, 1.807) is 0 Å². The Morgan fingerprint density at radius 2 is 0.750 bits per heavy atom. The van der Waals surface area contributed by atoms with Gasteiger partial charge in [0.15, 0.2) is 17.5 Å². The zero-order chi connectivity index (χ0) is 39.6. The molecule has 9 aromatic carbocycles. The molecule has 0 N–H and O–H groups in total. The van der Waals surface area contributed by atoms with E-state index in [2.05, 4.69) is 127 Å². The number of rotatable bonds is 6. The minimum absolute atomic E-state index is 0.630. The molecule has 0 aliphatic rings. The van der Waals surface area contributed by atoms with Gasteiger partial charge in [0, 0.05) is 49.2 Å². The van der Waals surface area contributed by atoms with Gasteiger partial charge in [-0.15, -0.1) is 0 Å². The number of furan rings is 2. The Bertz CT molecular complexity index is 3530. The van der Waals surface area contributed by atoms with Gasteiger partial charge in [-0.2, -0.15) is 0 Å². The third kappa shape index (κ3) is 5.59. The van der Waals surface area contributed by atoms with Crippen molar-refractivity contribution >= 4 is 54.6 Å². The van der Waals surface area contributed by atoms with Crippen LogP contribution in [0.1, 0.15) is 0 Å². The van der Waals surface area contributed by atoms with Gasteiger partial charge in [-0.25, -0.2) is 15.0 Å². The van der Waals surface area contributed by atoms with E-state index >= 15 is 0 Å². The predicted octanol–water partition coefficient (Wildman–Crippen LogP) is 14.8.